The van der Waals surface area contributed by atoms with Crippen LogP contribution in [-0.2, 0) is 6.54 Å². The zero-order chi connectivity index (χ0) is 16.8. The molecule has 2 amide bonds. The number of urea groups is 1. The summed E-state index contributed by atoms with van der Waals surface area (Å²) < 4.78 is 13.1. The third kappa shape index (κ3) is 6.76. The van der Waals surface area contributed by atoms with Gasteiger partial charge in [-0.1, -0.05) is 19.9 Å². The second-order valence-electron chi connectivity index (χ2n) is 6.25. The summed E-state index contributed by atoms with van der Waals surface area (Å²) in [6.07, 6.45) is 1.48. The molecule has 0 aliphatic heterocycles. The molecule has 0 fully saturated rings. The first-order valence-corrected chi connectivity index (χ1v) is 7.41. The highest BCUT2D eigenvalue weighted by Crippen LogP contribution is 2.16. The molecule has 0 aliphatic rings. The predicted octanol–water partition coefficient (Wildman–Crippen LogP) is 2.52. The Morgan fingerprint density at radius 1 is 1.36 bits per heavy atom. The maximum Gasteiger partial charge on any atom is 0.315 e. The minimum Gasteiger partial charge on any atom is -0.505 e. The van der Waals surface area contributed by atoms with Crippen LogP contribution in [0.2, 0.25) is 0 Å². The van der Waals surface area contributed by atoms with E-state index in [2.05, 4.69) is 24.5 Å². The number of halogens is 1. The molecule has 1 aromatic rings. The second-order valence-corrected chi connectivity index (χ2v) is 6.25. The number of carbonyl (C=O) groups is 1. The molecule has 0 aromatic heterocycles. The van der Waals surface area contributed by atoms with Crippen LogP contribution in [0.25, 0.3) is 0 Å². The number of amides is 2. The van der Waals surface area contributed by atoms with Crippen LogP contribution in [0.3, 0.4) is 0 Å². The number of hydrogen-bond donors (Lipinski definition) is 4. The topological polar surface area (TPSA) is 81.6 Å². The van der Waals surface area contributed by atoms with Gasteiger partial charge in [-0.05, 0) is 43.4 Å². The quantitative estimate of drug-likeness (QED) is 0.624. The van der Waals surface area contributed by atoms with Crippen molar-refractivity contribution in [3.63, 3.8) is 0 Å². The molecule has 1 atom stereocenters. The maximum atomic E-state index is 13.1. The lowest BCUT2D eigenvalue weighted by molar-refractivity contribution is 0.0476. The summed E-state index contributed by atoms with van der Waals surface area (Å²) in [5.41, 5.74) is -0.413. The molecule has 0 bridgehead atoms. The number of nitrogens with one attached hydrogen (secondary N) is 2. The van der Waals surface area contributed by atoms with Crippen molar-refractivity contribution in [3.8, 4) is 5.75 Å². The number of aliphatic hydroxyl groups is 1. The van der Waals surface area contributed by atoms with E-state index in [0.717, 1.165) is 12.5 Å². The third-order valence-electron chi connectivity index (χ3n) is 3.36. The summed E-state index contributed by atoms with van der Waals surface area (Å²) in [7, 11) is 0. The molecule has 0 heterocycles. The first-order valence-electron chi connectivity index (χ1n) is 7.41. The van der Waals surface area contributed by atoms with Gasteiger partial charge in [0.2, 0.25) is 0 Å². The Morgan fingerprint density at radius 2 is 2.05 bits per heavy atom. The largest absolute Gasteiger partial charge is 0.505 e. The Balaban J connectivity index is 2.35. The fourth-order valence-electron chi connectivity index (χ4n) is 1.86. The molecule has 1 unspecified atom stereocenters. The molecule has 6 heteroatoms. The van der Waals surface area contributed by atoms with Crippen LogP contribution in [0.4, 0.5) is 9.18 Å². The lowest BCUT2D eigenvalue weighted by Gasteiger charge is -2.24. The molecule has 1 rings (SSSR count). The number of phenolic OH excluding ortho intramolecular Hbond substituents is 1. The van der Waals surface area contributed by atoms with Crippen molar-refractivity contribution in [2.24, 2.45) is 5.92 Å². The van der Waals surface area contributed by atoms with Crippen LogP contribution in [0.15, 0.2) is 18.2 Å². The zero-order valence-corrected chi connectivity index (χ0v) is 13.3. The van der Waals surface area contributed by atoms with E-state index in [1.807, 2.05) is 0 Å². The van der Waals surface area contributed by atoms with E-state index >= 15 is 0 Å². The van der Waals surface area contributed by atoms with Gasteiger partial charge in [-0.3, -0.25) is 0 Å². The van der Waals surface area contributed by atoms with Crippen LogP contribution in [0.1, 0.15) is 39.2 Å². The highest BCUT2D eigenvalue weighted by molar-refractivity contribution is 5.73. The Labute approximate surface area is 130 Å². The summed E-state index contributed by atoms with van der Waals surface area (Å²) in [5.74, 6) is -0.657. The number of aromatic hydroxyl groups is 1. The average molecular weight is 312 g/mol. The Kier molecular flexibility index (Phi) is 6.61. The number of carbonyl (C=O) groups excluding carboxylic acids is 1. The number of hydrogen-bond acceptors (Lipinski definition) is 3. The second kappa shape index (κ2) is 7.98. The van der Waals surface area contributed by atoms with Crippen molar-refractivity contribution in [2.75, 3.05) is 6.54 Å². The van der Waals surface area contributed by atoms with E-state index in [0.29, 0.717) is 17.9 Å². The van der Waals surface area contributed by atoms with E-state index < -0.39 is 23.2 Å². The van der Waals surface area contributed by atoms with Crippen LogP contribution < -0.4 is 10.6 Å². The van der Waals surface area contributed by atoms with Crippen LogP contribution in [0, 0.1) is 11.7 Å². The van der Waals surface area contributed by atoms with Crippen molar-refractivity contribution in [1.82, 2.24) is 10.6 Å². The summed E-state index contributed by atoms with van der Waals surface area (Å²) >= 11 is 0. The fraction of sp³-hybridized carbons (Fsp3) is 0.562. The van der Waals surface area contributed by atoms with Crippen molar-refractivity contribution in [3.05, 3.63) is 29.6 Å². The molecular weight excluding hydrogens is 287 g/mol. The summed E-state index contributed by atoms with van der Waals surface area (Å²) in [6, 6.07) is 3.49. The van der Waals surface area contributed by atoms with Crippen molar-refractivity contribution in [2.45, 2.75) is 45.8 Å². The van der Waals surface area contributed by atoms with Crippen LogP contribution in [-0.4, -0.2) is 28.4 Å². The normalized spacial score (nSPS) is 13.7. The molecule has 0 aliphatic carbocycles. The van der Waals surface area contributed by atoms with E-state index in [4.69, 9.17) is 5.11 Å². The lowest BCUT2D eigenvalue weighted by Crippen LogP contribution is -2.44. The van der Waals surface area contributed by atoms with E-state index in [1.54, 1.807) is 6.92 Å². The van der Waals surface area contributed by atoms with E-state index in [-0.39, 0.29) is 13.1 Å². The van der Waals surface area contributed by atoms with Gasteiger partial charge in [-0.2, -0.15) is 0 Å². The van der Waals surface area contributed by atoms with Gasteiger partial charge in [0.25, 0.3) is 0 Å². The molecule has 1 aromatic carbocycles. The summed E-state index contributed by atoms with van der Waals surface area (Å²) in [6.45, 7) is 6.12. The number of phenols is 1. The van der Waals surface area contributed by atoms with Gasteiger partial charge >= 0.3 is 6.03 Å². The highest BCUT2D eigenvalue weighted by atomic mass is 19.1. The number of benzene rings is 1. The van der Waals surface area contributed by atoms with Gasteiger partial charge < -0.3 is 20.8 Å². The van der Waals surface area contributed by atoms with Gasteiger partial charge in [-0.25, -0.2) is 9.18 Å². The molecule has 124 valence electrons. The molecule has 0 saturated heterocycles. The zero-order valence-electron chi connectivity index (χ0n) is 13.3. The molecular formula is C16H25FN2O3. The first-order chi connectivity index (χ1) is 10.2. The van der Waals surface area contributed by atoms with Crippen LogP contribution in [0.5, 0.6) is 5.75 Å². The maximum absolute atomic E-state index is 13.1. The molecule has 5 nitrogen and oxygen atoms in total. The van der Waals surface area contributed by atoms with E-state index in [9.17, 15) is 14.3 Å². The van der Waals surface area contributed by atoms with Gasteiger partial charge in [0.1, 0.15) is 0 Å². The van der Waals surface area contributed by atoms with Gasteiger partial charge in [0, 0.05) is 13.1 Å². The summed E-state index contributed by atoms with van der Waals surface area (Å²) in [5, 5.41) is 24.4. The smallest absolute Gasteiger partial charge is 0.315 e. The molecule has 4 N–H and O–H groups in total. The van der Waals surface area contributed by atoms with Gasteiger partial charge in [-0.15, -0.1) is 0 Å². The third-order valence-corrected chi connectivity index (χ3v) is 3.36. The minimum absolute atomic E-state index is 0.136. The first kappa shape index (κ1) is 18.2. The standard InChI is InChI=1S/C16H25FN2O3/c1-11(2)6-7-16(3,22)10-19-15(21)18-9-12-4-5-14(20)13(17)8-12/h4-5,8,11,20,22H,6-7,9-10H2,1-3H3,(H2,18,19,21). The molecule has 0 spiro atoms. The fourth-order valence-corrected chi connectivity index (χ4v) is 1.86. The monoisotopic (exact) mass is 312 g/mol. The Morgan fingerprint density at radius 3 is 2.64 bits per heavy atom. The Hall–Kier alpha value is -1.82. The van der Waals surface area contributed by atoms with Crippen molar-refractivity contribution >= 4 is 6.03 Å². The van der Waals surface area contributed by atoms with E-state index in [1.165, 1.54) is 12.1 Å². The highest BCUT2D eigenvalue weighted by Gasteiger charge is 2.21. The number of rotatable bonds is 7. The lowest BCUT2D eigenvalue weighted by atomic mass is 9.95. The Bertz CT molecular complexity index is 504. The van der Waals surface area contributed by atoms with Gasteiger partial charge in [0.15, 0.2) is 11.6 Å². The molecule has 0 radical (unpaired) electrons. The SMILES string of the molecule is CC(C)CCC(C)(O)CNC(=O)NCc1ccc(O)c(F)c1. The minimum atomic E-state index is -0.952. The van der Waals surface area contributed by atoms with Crippen molar-refractivity contribution < 1.29 is 19.4 Å². The van der Waals surface area contributed by atoms with Crippen LogP contribution >= 0.6 is 0 Å². The van der Waals surface area contributed by atoms with Crippen molar-refractivity contribution in [1.29, 1.82) is 0 Å². The molecule has 22 heavy (non-hydrogen) atoms. The predicted molar refractivity (Wildman–Crippen MR) is 83.0 cm³/mol. The van der Waals surface area contributed by atoms with Gasteiger partial charge in [0.05, 0.1) is 5.60 Å². The summed E-state index contributed by atoms with van der Waals surface area (Å²) in [4.78, 5) is 11.7. The average Bonchev–Trinajstić information content (AvgIpc) is 2.44. The molecule has 0 saturated carbocycles.